The first-order valence-corrected chi connectivity index (χ1v) is 14.5. The normalized spacial score (nSPS) is 17.4. The fraction of sp³-hybridized carbons (Fsp3) is 0.424. The first-order chi connectivity index (χ1) is 19.5. The molecule has 4 N–H and O–H groups in total. The minimum absolute atomic E-state index is 0.0360. The van der Waals surface area contributed by atoms with Crippen molar-refractivity contribution in [2.75, 3.05) is 7.11 Å². The highest BCUT2D eigenvalue weighted by molar-refractivity contribution is 6.01. The molecule has 0 spiro atoms. The van der Waals surface area contributed by atoms with Crippen LogP contribution in [-0.4, -0.2) is 34.9 Å². The second-order valence-corrected chi connectivity index (χ2v) is 10.8. The molecule has 0 saturated carbocycles. The molecule has 2 aromatic heterocycles. The molecule has 218 valence electrons. The Labute approximate surface area is 242 Å². The molecule has 41 heavy (non-hydrogen) atoms. The number of hydrogen-bond acceptors (Lipinski definition) is 4. The molecule has 2 aliphatic heterocycles. The lowest BCUT2D eigenvalue weighted by Crippen LogP contribution is -2.15. The van der Waals surface area contributed by atoms with E-state index < -0.39 is 0 Å². The minimum Gasteiger partial charge on any atom is -0.469 e. The molecule has 4 rings (SSSR count). The lowest BCUT2D eigenvalue weighted by molar-refractivity contribution is -0.140. The fourth-order valence-corrected chi connectivity index (χ4v) is 6.05. The van der Waals surface area contributed by atoms with Gasteiger partial charge in [-0.25, -0.2) is 0 Å². The van der Waals surface area contributed by atoms with Gasteiger partial charge in [0.15, 0.2) is 0 Å². The Morgan fingerprint density at radius 1 is 0.732 bits per heavy atom. The van der Waals surface area contributed by atoms with E-state index in [1.165, 1.54) is 18.2 Å². The summed E-state index contributed by atoms with van der Waals surface area (Å²) in [5, 5.41) is 6.02. The number of carbonyl (C=O) groups is 3. The van der Waals surface area contributed by atoms with Gasteiger partial charge in [0.2, 0.25) is 0 Å². The maximum atomic E-state index is 12.4. The summed E-state index contributed by atoms with van der Waals surface area (Å²) in [5.74, 6) is -0.366. The Balaban J connectivity index is 1.75. The molecule has 2 aliphatic rings. The van der Waals surface area contributed by atoms with Crippen LogP contribution in [0.25, 0.3) is 12.2 Å². The number of allylic oxidation sites excluding steroid dienone is 2. The van der Waals surface area contributed by atoms with Crippen LogP contribution in [0.1, 0.15) is 98.9 Å². The smallest absolute Gasteiger partial charge is 0.305 e. The number of esters is 1. The van der Waals surface area contributed by atoms with Crippen LogP contribution < -0.4 is 10.6 Å². The highest BCUT2D eigenvalue weighted by Crippen LogP contribution is 2.32. The number of ether oxygens (including phenoxy) is 1. The Morgan fingerprint density at radius 2 is 1.27 bits per heavy atom. The summed E-state index contributed by atoms with van der Waals surface area (Å²) in [6.07, 6.45) is 7.89. The van der Waals surface area contributed by atoms with Crippen LogP contribution in [-0.2, 0) is 38.4 Å². The number of amides is 2. The van der Waals surface area contributed by atoms with Crippen molar-refractivity contribution >= 4 is 29.9 Å². The largest absolute Gasteiger partial charge is 0.469 e. The highest BCUT2D eigenvalue weighted by atomic mass is 16.5. The van der Waals surface area contributed by atoms with Gasteiger partial charge in [-0.3, -0.25) is 14.4 Å². The van der Waals surface area contributed by atoms with Crippen molar-refractivity contribution in [1.29, 1.82) is 0 Å². The Bertz CT molecular complexity index is 1540. The lowest BCUT2D eigenvalue weighted by Gasteiger charge is -2.06. The number of rotatable bonds is 10. The Kier molecular flexibility index (Phi) is 8.90. The van der Waals surface area contributed by atoms with E-state index >= 15 is 0 Å². The monoisotopic (exact) mass is 558 g/mol. The number of carbonyl (C=O) groups excluding carboxylic acids is 3. The van der Waals surface area contributed by atoms with E-state index in [2.05, 4.69) is 48.3 Å². The van der Waals surface area contributed by atoms with Crippen LogP contribution in [0.4, 0.5) is 0 Å². The van der Waals surface area contributed by atoms with Crippen molar-refractivity contribution in [2.24, 2.45) is 0 Å². The molecular weight excluding hydrogens is 516 g/mol. The molecule has 8 heteroatoms. The van der Waals surface area contributed by atoms with E-state index in [-0.39, 0.29) is 24.2 Å². The molecular formula is C33H42N4O4. The van der Waals surface area contributed by atoms with Crippen LogP contribution in [0.15, 0.2) is 33.7 Å². The van der Waals surface area contributed by atoms with E-state index in [4.69, 9.17) is 4.74 Å². The van der Waals surface area contributed by atoms with Crippen LogP contribution >= 0.6 is 0 Å². The van der Waals surface area contributed by atoms with E-state index in [1.807, 2.05) is 32.9 Å². The number of aromatic amines is 2. The number of aromatic nitrogens is 2. The molecule has 0 aliphatic carbocycles. The molecule has 0 bridgehead atoms. The summed E-state index contributed by atoms with van der Waals surface area (Å²) in [6, 6.07) is 0. The van der Waals surface area contributed by atoms with Crippen molar-refractivity contribution in [2.45, 2.75) is 87.0 Å². The maximum Gasteiger partial charge on any atom is 0.305 e. The van der Waals surface area contributed by atoms with Gasteiger partial charge in [-0.2, -0.15) is 0 Å². The highest BCUT2D eigenvalue weighted by Gasteiger charge is 2.25. The van der Waals surface area contributed by atoms with E-state index in [0.29, 0.717) is 12.8 Å². The van der Waals surface area contributed by atoms with Crippen LogP contribution in [0.2, 0.25) is 0 Å². The van der Waals surface area contributed by atoms with Crippen LogP contribution in [0, 0.1) is 13.8 Å². The number of hydrogen-bond donors (Lipinski definition) is 4. The Hall–Kier alpha value is -4.07. The second kappa shape index (κ2) is 12.2. The number of H-pyrrole nitrogens is 2. The molecule has 2 amide bonds. The molecule has 0 aromatic carbocycles. The molecule has 2 aromatic rings. The van der Waals surface area contributed by atoms with Crippen molar-refractivity contribution in [3.8, 4) is 0 Å². The third kappa shape index (κ3) is 5.73. The van der Waals surface area contributed by atoms with Crippen molar-refractivity contribution in [3.63, 3.8) is 0 Å². The van der Waals surface area contributed by atoms with Gasteiger partial charge in [0.25, 0.3) is 11.8 Å². The summed E-state index contributed by atoms with van der Waals surface area (Å²) < 4.78 is 4.91. The van der Waals surface area contributed by atoms with Gasteiger partial charge in [0.05, 0.1) is 7.11 Å². The zero-order valence-corrected chi connectivity index (χ0v) is 25.5. The summed E-state index contributed by atoms with van der Waals surface area (Å²) in [7, 11) is 1.40. The third-order valence-corrected chi connectivity index (χ3v) is 8.55. The molecule has 0 unspecified atom stereocenters. The third-order valence-electron chi connectivity index (χ3n) is 8.55. The lowest BCUT2D eigenvalue weighted by atomic mass is 9.99. The molecule has 0 radical (unpaired) electrons. The number of methoxy groups -OCH3 is 1. The molecule has 0 atom stereocenters. The number of nitrogens with one attached hydrogen (secondary N) is 4. The molecule has 4 heterocycles. The van der Waals surface area contributed by atoms with Gasteiger partial charge < -0.3 is 25.3 Å². The SMILES string of the molecule is CCC1=C(C)C(=O)N/C1=C\c1[nH]c(Cc2[nH]c(/C=C3\NC(=O)C(C)=C3CC)c(CCC(=O)OC)c2C)c(CC)c1C. The molecule has 0 saturated heterocycles. The van der Waals surface area contributed by atoms with E-state index in [1.54, 1.807) is 0 Å². The second-order valence-electron chi connectivity index (χ2n) is 10.8. The van der Waals surface area contributed by atoms with Crippen molar-refractivity contribution < 1.29 is 19.1 Å². The van der Waals surface area contributed by atoms with E-state index in [9.17, 15) is 14.4 Å². The van der Waals surface area contributed by atoms with E-state index in [0.717, 1.165) is 86.9 Å². The summed E-state index contributed by atoms with van der Waals surface area (Å²) >= 11 is 0. The summed E-state index contributed by atoms with van der Waals surface area (Å²) in [6.45, 7) is 14.2. The van der Waals surface area contributed by atoms with Crippen molar-refractivity contribution in [3.05, 3.63) is 78.7 Å². The zero-order chi connectivity index (χ0) is 30.0. The minimum atomic E-state index is -0.259. The molecule has 8 nitrogen and oxygen atoms in total. The van der Waals surface area contributed by atoms with Gasteiger partial charge in [0.1, 0.15) is 0 Å². The first-order valence-electron chi connectivity index (χ1n) is 14.5. The van der Waals surface area contributed by atoms with Crippen LogP contribution in [0.5, 0.6) is 0 Å². The molecule has 0 fully saturated rings. The zero-order valence-electron chi connectivity index (χ0n) is 25.5. The fourth-order valence-electron chi connectivity index (χ4n) is 6.05. The summed E-state index contributed by atoms with van der Waals surface area (Å²) in [5.41, 5.74) is 13.8. The quantitative estimate of drug-likeness (QED) is 0.284. The first kappa shape index (κ1) is 29.9. The van der Waals surface area contributed by atoms with Gasteiger partial charge in [0, 0.05) is 58.2 Å². The van der Waals surface area contributed by atoms with Crippen LogP contribution in [0.3, 0.4) is 0 Å². The topological polar surface area (TPSA) is 116 Å². The van der Waals surface area contributed by atoms with Gasteiger partial charge in [-0.05, 0) is 98.9 Å². The standard InChI is InChI=1S/C33H42N4O4/c1-9-21-17(4)25(15-28-22(10-2)19(6)32(39)36-28)34-27(21)14-26-18(5)24(12-13-31(38)41-8)30(35-26)16-29-23(11-3)20(7)33(40)37-29/h15-16,34-35H,9-14H2,1-8H3,(H,36,39)(H,37,40)/b28-15-,29-16-. The van der Waals surface area contributed by atoms with Crippen molar-refractivity contribution in [1.82, 2.24) is 20.6 Å². The predicted octanol–water partition coefficient (Wildman–Crippen LogP) is 5.61. The average molecular weight is 559 g/mol. The Morgan fingerprint density at radius 3 is 1.78 bits per heavy atom. The van der Waals surface area contributed by atoms with Gasteiger partial charge in [-0.1, -0.05) is 20.8 Å². The van der Waals surface area contributed by atoms with Gasteiger partial charge in [-0.15, -0.1) is 0 Å². The summed E-state index contributed by atoms with van der Waals surface area (Å²) in [4.78, 5) is 44.0. The predicted molar refractivity (Wildman–Crippen MR) is 162 cm³/mol. The maximum absolute atomic E-state index is 12.4. The average Bonchev–Trinajstić information content (AvgIpc) is 3.59. The van der Waals surface area contributed by atoms with Gasteiger partial charge >= 0.3 is 5.97 Å².